The van der Waals surface area contributed by atoms with Gasteiger partial charge in [0.05, 0.1) is 0 Å². The fraction of sp³-hybridized carbons (Fsp3) is 0.909. The molecular formula is C11H25P. The molecule has 0 radical (unpaired) electrons. The zero-order valence-electron chi connectivity index (χ0n) is 9.43. The zero-order valence-corrected chi connectivity index (χ0v) is 10.3. The summed E-state index contributed by atoms with van der Waals surface area (Å²) in [4.78, 5) is 0. The lowest BCUT2D eigenvalue weighted by Crippen LogP contribution is -2.05. The Balaban J connectivity index is 4.42. The van der Waals surface area contributed by atoms with E-state index >= 15 is 0 Å². The largest absolute Gasteiger partial charge is 0.109 e. The summed E-state index contributed by atoms with van der Waals surface area (Å²) in [5, 5.41) is 0. The molecule has 0 fully saturated rings. The first-order chi connectivity index (χ1) is 5.60. The van der Waals surface area contributed by atoms with E-state index in [0.29, 0.717) is 0 Å². The van der Waals surface area contributed by atoms with E-state index in [9.17, 15) is 0 Å². The summed E-state index contributed by atoms with van der Waals surface area (Å²) >= 11 is 0. The third kappa shape index (κ3) is 3.35. The van der Waals surface area contributed by atoms with Gasteiger partial charge >= 0.3 is 0 Å². The van der Waals surface area contributed by atoms with Gasteiger partial charge in [-0.3, -0.25) is 0 Å². The molecular weight excluding hydrogens is 163 g/mol. The van der Waals surface area contributed by atoms with Gasteiger partial charge in [-0.05, 0) is 31.3 Å². The molecule has 0 aromatic rings. The van der Waals surface area contributed by atoms with Gasteiger partial charge in [0.25, 0.3) is 0 Å². The first kappa shape index (κ1) is 12.3. The van der Waals surface area contributed by atoms with Crippen LogP contribution in [0.15, 0.2) is 0 Å². The van der Waals surface area contributed by atoms with Gasteiger partial charge in [0.15, 0.2) is 0 Å². The molecule has 12 heavy (non-hydrogen) atoms. The molecule has 0 aliphatic rings. The average Bonchev–Trinajstić information content (AvgIpc) is 2.12. The van der Waals surface area contributed by atoms with E-state index < -0.39 is 6.89 Å². The number of hydrogen-bond donors (Lipinski definition) is 0. The minimum Gasteiger partial charge on any atom is -0.109 e. The van der Waals surface area contributed by atoms with Gasteiger partial charge in [0.2, 0.25) is 0 Å². The highest BCUT2D eigenvalue weighted by atomic mass is 31.2. The van der Waals surface area contributed by atoms with Crippen molar-refractivity contribution in [2.24, 2.45) is 0 Å². The Hall–Kier alpha value is 0.300. The molecule has 1 heteroatoms. The lowest BCUT2D eigenvalue weighted by Gasteiger charge is -2.26. The third-order valence-electron chi connectivity index (χ3n) is 3.11. The average molecular weight is 188 g/mol. The Labute approximate surface area is 78.7 Å². The molecule has 0 bridgehead atoms. The van der Waals surface area contributed by atoms with Crippen molar-refractivity contribution in [1.29, 1.82) is 0 Å². The van der Waals surface area contributed by atoms with Gasteiger partial charge < -0.3 is 0 Å². The predicted molar refractivity (Wildman–Crippen MR) is 64.1 cm³/mol. The van der Waals surface area contributed by atoms with Crippen LogP contribution in [0.1, 0.15) is 47.0 Å². The molecule has 0 nitrogen and oxygen atoms in total. The fourth-order valence-corrected chi connectivity index (χ4v) is 4.39. The van der Waals surface area contributed by atoms with Gasteiger partial charge in [0, 0.05) is 0 Å². The Morgan fingerprint density at radius 3 is 2.17 bits per heavy atom. The van der Waals surface area contributed by atoms with E-state index in [1.54, 1.807) is 0 Å². The van der Waals surface area contributed by atoms with Crippen LogP contribution in [0.5, 0.6) is 0 Å². The van der Waals surface area contributed by atoms with Crippen LogP contribution >= 0.6 is 6.89 Å². The summed E-state index contributed by atoms with van der Waals surface area (Å²) in [5.41, 5.74) is 0.939. The van der Waals surface area contributed by atoms with Crippen molar-refractivity contribution in [2.75, 3.05) is 12.8 Å². The summed E-state index contributed by atoms with van der Waals surface area (Å²) in [6.07, 6.45) is 5.37. The van der Waals surface area contributed by atoms with Crippen LogP contribution in [0.2, 0.25) is 0 Å². The van der Waals surface area contributed by atoms with Crippen molar-refractivity contribution in [3.63, 3.8) is 0 Å². The van der Waals surface area contributed by atoms with Crippen molar-refractivity contribution in [2.45, 2.75) is 52.6 Å². The first-order valence-electron chi connectivity index (χ1n) is 5.30. The molecule has 0 saturated carbocycles. The molecule has 0 aliphatic heterocycles. The molecule has 0 heterocycles. The highest BCUT2D eigenvalue weighted by Gasteiger charge is 2.14. The number of hydrogen-bond acceptors (Lipinski definition) is 0. The van der Waals surface area contributed by atoms with E-state index in [4.69, 9.17) is 0 Å². The number of rotatable bonds is 5. The van der Waals surface area contributed by atoms with Crippen molar-refractivity contribution in [3.8, 4) is 0 Å². The van der Waals surface area contributed by atoms with Crippen LogP contribution in [0.25, 0.3) is 0 Å². The lowest BCUT2D eigenvalue weighted by atomic mass is 10.4. The second-order valence-corrected chi connectivity index (χ2v) is 8.46. The molecule has 0 saturated heterocycles. The van der Waals surface area contributed by atoms with Crippen molar-refractivity contribution in [1.82, 2.24) is 0 Å². The van der Waals surface area contributed by atoms with Crippen molar-refractivity contribution >= 4 is 12.7 Å². The molecule has 0 aliphatic carbocycles. The van der Waals surface area contributed by atoms with Crippen LogP contribution < -0.4 is 0 Å². The summed E-state index contributed by atoms with van der Waals surface area (Å²) in [5.74, 6) is 2.64. The molecule has 0 amide bonds. The molecule has 2 unspecified atom stereocenters. The minimum atomic E-state index is -0.683. The predicted octanol–water partition coefficient (Wildman–Crippen LogP) is 4.05. The fourth-order valence-electron chi connectivity index (χ4n) is 1.46. The normalized spacial score (nSPS) is 18.4. The maximum absolute atomic E-state index is 2.64. The number of unbranched alkanes of at least 4 members (excludes halogenated alkanes) is 1. The highest BCUT2D eigenvalue weighted by Crippen LogP contribution is 2.48. The molecule has 0 N–H and O–H groups in total. The second-order valence-electron chi connectivity index (χ2n) is 3.89. The molecule has 0 aromatic heterocycles. The summed E-state index contributed by atoms with van der Waals surface area (Å²) in [6, 6.07) is 0. The van der Waals surface area contributed by atoms with Gasteiger partial charge in [-0.2, -0.15) is 0 Å². The van der Waals surface area contributed by atoms with Gasteiger partial charge in [-0.15, -0.1) is 6.89 Å². The van der Waals surface area contributed by atoms with E-state index in [2.05, 4.69) is 40.2 Å². The smallest absolute Gasteiger partial charge is 0.0247 e. The highest BCUT2D eigenvalue weighted by molar-refractivity contribution is 7.74. The first-order valence-corrected chi connectivity index (χ1v) is 7.85. The van der Waals surface area contributed by atoms with Gasteiger partial charge in [-0.1, -0.05) is 39.9 Å². The summed E-state index contributed by atoms with van der Waals surface area (Å²) in [7, 11) is 0. The molecule has 0 rings (SSSR count). The Kier molecular flexibility index (Phi) is 6.01. The summed E-state index contributed by atoms with van der Waals surface area (Å²) < 4.78 is 0. The van der Waals surface area contributed by atoms with Crippen LogP contribution in [-0.4, -0.2) is 24.3 Å². The van der Waals surface area contributed by atoms with Crippen LogP contribution in [0.3, 0.4) is 0 Å². The molecule has 0 spiro atoms. The van der Waals surface area contributed by atoms with Gasteiger partial charge in [-0.25, -0.2) is 0 Å². The molecule has 74 valence electrons. The maximum atomic E-state index is 2.64. The Morgan fingerprint density at radius 1 is 1.25 bits per heavy atom. The van der Waals surface area contributed by atoms with E-state index in [1.165, 1.54) is 25.4 Å². The third-order valence-corrected chi connectivity index (χ3v) is 7.95. The summed E-state index contributed by atoms with van der Waals surface area (Å²) in [6.45, 7) is 11.2. The van der Waals surface area contributed by atoms with Crippen LogP contribution in [0.4, 0.5) is 0 Å². The topological polar surface area (TPSA) is 0 Å². The van der Waals surface area contributed by atoms with Crippen molar-refractivity contribution < 1.29 is 0 Å². The SMILES string of the molecule is CCCC=P(C)(CC)C(C)CC. The second kappa shape index (κ2) is 5.86. The van der Waals surface area contributed by atoms with E-state index in [0.717, 1.165) is 5.66 Å². The Morgan fingerprint density at radius 2 is 1.83 bits per heavy atom. The van der Waals surface area contributed by atoms with Gasteiger partial charge in [0.1, 0.15) is 0 Å². The van der Waals surface area contributed by atoms with Crippen LogP contribution in [0, 0.1) is 0 Å². The monoisotopic (exact) mass is 188 g/mol. The Bertz CT molecular complexity index is 158. The zero-order chi connectivity index (χ0) is 9.61. The standard InChI is InChI=1S/C11H25P/c1-6-9-10-12(5,8-3)11(4)7-2/h10-11H,6-9H2,1-5H3. The molecule has 0 aromatic carbocycles. The minimum absolute atomic E-state index is 0.683. The van der Waals surface area contributed by atoms with Crippen molar-refractivity contribution in [3.05, 3.63) is 0 Å². The van der Waals surface area contributed by atoms with Crippen LogP contribution in [-0.2, 0) is 0 Å². The molecule has 2 atom stereocenters. The lowest BCUT2D eigenvalue weighted by molar-refractivity contribution is 0.888. The maximum Gasteiger partial charge on any atom is -0.0247 e. The van der Waals surface area contributed by atoms with E-state index in [-0.39, 0.29) is 0 Å². The quantitative estimate of drug-likeness (QED) is 0.571. The van der Waals surface area contributed by atoms with E-state index in [1.807, 2.05) is 0 Å².